The van der Waals surface area contributed by atoms with Gasteiger partial charge in [-0.3, -0.25) is 4.79 Å². The van der Waals surface area contributed by atoms with Crippen LogP contribution in [0.5, 0.6) is 0 Å². The quantitative estimate of drug-likeness (QED) is 0.354. The van der Waals surface area contributed by atoms with E-state index in [-0.39, 0.29) is 37.4 Å². The van der Waals surface area contributed by atoms with Crippen molar-refractivity contribution in [1.82, 2.24) is 9.80 Å². The second-order valence-electron chi connectivity index (χ2n) is 8.01. The van der Waals surface area contributed by atoms with Crippen molar-refractivity contribution in [2.45, 2.75) is 92.0 Å². The number of rotatable bonds is 9. The number of carbonyl (C=O) groups excluding carboxylic acids is 2. The zero-order valence-electron chi connectivity index (χ0n) is 23.1. The fourth-order valence-electron chi connectivity index (χ4n) is 3.43. The van der Waals surface area contributed by atoms with Gasteiger partial charge in [0, 0.05) is 39.0 Å². The number of hydrogen-bond acceptors (Lipinski definition) is 5. The van der Waals surface area contributed by atoms with Crippen LogP contribution in [0, 0.1) is 0 Å². The minimum absolute atomic E-state index is 0.0174. The molecule has 2 rings (SSSR count). The molecule has 1 aliphatic heterocycles. The third kappa shape index (κ3) is 15.3. The van der Waals surface area contributed by atoms with Crippen LogP contribution in [-0.4, -0.2) is 72.4 Å². The highest BCUT2D eigenvalue weighted by atomic mass is 16.6. The first-order valence-electron chi connectivity index (χ1n) is 12.8. The fraction of sp³-hybridized carbons (Fsp3) is 0.643. The number of amides is 2. The van der Waals surface area contributed by atoms with Crippen LogP contribution < -0.4 is 0 Å². The number of hydrogen-bond donors (Lipinski definition) is 1. The third-order valence-corrected chi connectivity index (χ3v) is 5.26. The van der Waals surface area contributed by atoms with Crippen molar-refractivity contribution >= 4 is 12.5 Å². The number of carbonyl (C=O) groups is 2. The van der Waals surface area contributed by atoms with Crippen LogP contribution in [0.15, 0.2) is 43.0 Å². The maximum absolute atomic E-state index is 12.6. The summed E-state index contributed by atoms with van der Waals surface area (Å²) in [7, 11) is 1.68. The van der Waals surface area contributed by atoms with Crippen molar-refractivity contribution in [2.75, 3.05) is 26.9 Å². The molecule has 1 aromatic carbocycles. The monoisotopic (exact) mass is 494 g/mol. The third-order valence-electron chi connectivity index (χ3n) is 5.26. The van der Waals surface area contributed by atoms with E-state index in [0.717, 1.165) is 37.8 Å². The topological polar surface area (TPSA) is 79.3 Å². The van der Waals surface area contributed by atoms with Crippen LogP contribution in [0.4, 0.5) is 4.79 Å². The summed E-state index contributed by atoms with van der Waals surface area (Å²) >= 11 is 0. The van der Waals surface area contributed by atoms with Crippen molar-refractivity contribution in [3.63, 3.8) is 0 Å². The van der Waals surface area contributed by atoms with Crippen LogP contribution in [0.25, 0.3) is 0 Å². The number of benzene rings is 1. The minimum atomic E-state index is -0.352. The molecule has 35 heavy (non-hydrogen) atoms. The van der Waals surface area contributed by atoms with Gasteiger partial charge in [-0.2, -0.15) is 0 Å². The lowest BCUT2D eigenvalue weighted by Gasteiger charge is -2.43. The van der Waals surface area contributed by atoms with E-state index in [0.29, 0.717) is 13.0 Å². The molecule has 0 bridgehead atoms. The second kappa shape index (κ2) is 23.4. The summed E-state index contributed by atoms with van der Waals surface area (Å²) in [5.41, 5.74) is 0.945. The molecule has 1 heterocycles. The average Bonchev–Trinajstić information content (AvgIpc) is 2.90. The molecule has 7 heteroatoms. The molecule has 0 spiro atoms. The van der Waals surface area contributed by atoms with E-state index in [1.165, 1.54) is 0 Å². The molecule has 202 valence electrons. The van der Waals surface area contributed by atoms with Gasteiger partial charge in [-0.05, 0) is 52.0 Å². The van der Waals surface area contributed by atoms with Gasteiger partial charge in [0.05, 0.1) is 6.04 Å². The zero-order chi connectivity index (χ0) is 27.1. The molecule has 1 fully saturated rings. The van der Waals surface area contributed by atoms with Gasteiger partial charge in [-0.25, -0.2) is 4.79 Å². The Hall–Kier alpha value is -2.38. The number of allylic oxidation sites excluding steroid dienone is 1. The standard InChI is InChI=1S/C19H28N2O4.C4H8.C3H8O.C2H6/c1-15(2)21(19(24)25-13-16-6-4-3-5-7-16)18-9-8-17(10-11-22)20(12-18)14-23;2*1-3-4-2;1-2/h3-7,14-15,17-18,22H,8-13H2,1-2H3;3H,1,4H2,2H3;3H2,1-2H3;1-2H3/t17-,18-;;;/m1.../s1. The first-order valence-corrected chi connectivity index (χ1v) is 12.8. The number of methoxy groups -OCH3 is 1. The van der Waals surface area contributed by atoms with E-state index in [9.17, 15) is 9.59 Å². The van der Waals surface area contributed by atoms with Gasteiger partial charge in [0.25, 0.3) is 0 Å². The molecule has 1 aliphatic rings. The lowest BCUT2D eigenvalue weighted by molar-refractivity contribution is -0.123. The first kappa shape index (κ1) is 34.8. The summed E-state index contributed by atoms with van der Waals surface area (Å²) in [4.78, 5) is 27.4. The summed E-state index contributed by atoms with van der Waals surface area (Å²) in [6, 6.07) is 9.54. The normalized spacial score (nSPS) is 16.3. The van der Waals surface area contributed by atoms with Crippen LogP contribution in [0.2, 0.25) is 0 Å². The predicted octanol–water partition coefficient (Wildman–Crippen LogP) is 5.67. The average molecular weight is 495 g/mol. The molecular weight excluding hydrogens is 444 g/mol. The Morgan fingerprint density at radius 3 is 2.23 bits per heavy atom. The van der Waals surface area contributed by atoms with E-state index >= 15 is 0 Å². The Balaban J connectivity index is 0. The molecule has 2 atom stereocenters. The number of aliphatic hydroxyl groups is 1. The highest BCUT2D eigenvalue weighted by Crippen LogP contribution is 2.24. The highest BCUT2D eigenvalue weighted by molar-refractivity contribution is 5.68. The summed E-state index contributed by atoms with van der Waals surface area (Å²) in [6.45, 7) is 17.0. The Morgan fingerprint density at radius 2 is 1.80 bits per heavy atom. The van der Waals surface area contributed by atoms with Crippen LogP contribution >= 0.6 is 0 Å². The van der Waals surface area contributed by atoms with Gasteiger partial charge in [0.2, 0.25) is 6.41 Å². The molecule has 1 aromatic rings. The van der Waals surface area contributed by atoms with Crippen LogP contribution in [0.3, 0.4) is 0 Å². The summed E-state index contributed by atoms with van der Waals surface area (Å²) in [6.07, 6.45) is 5.58. The first-order chi connectivity index (χ1) is 16.9. The molecule has 0 aromatic heterocycles. The van der Waals surface area contributed by atoms with Gasteiger partial charge in [-0.1, -0.05) is 57.2 Å². The summed E-state index contributed by atoms with van der Waals surface area (Å²) in [5.74, 6) is 0. The van der Waals surface area contributed by atoms with Crippen molar-refractivity contribution < 1.29 is 24.2 Å². The molecule has 1 saturated heterocycles. The largest absolute Gasteiger partial charge is 0.445 e. The molecule has 7 nitrogen and oxygen atoms in total. The molecule has 0 radical (unpaired) electrons. The number of piperidine rings is 1. The van der Waals surface area contributed by atoms with Gasteiger partial charge >= 0.3 is 6.09 Å². The lowest BCUT2D eigenvalue weighted by Crippen LogP contribution is -2.55. The van der Waals surface area contributed by atoms with Crippen LogP contribution in [-0.2, 0) is 20.9 Å². The summed E-state index contributed by atoms with van der Waals surface area (Å²) < 4.78 is 10.0. The van der Waals surface area contributed by atoms with E-state index in [2.05, 4.69) is 18.2 Å². The Bertz CT molecular complexity index is 637. The number of likely N-dealkylation sites (tertiary alicyclic amines) is 1. The zero-order valence-corrected chi connectivity index (χ0v) is 23.1. The van der Waals surface area contributed by atoms with Gasteiger partial charge in [0.1, 0.15) is 6.61 Å². The minimum Gasteiger partial charge on any atom is -0.445 e. The molecule has 2 amide bonds. The van der Waals surface area contributed by atoms with E-state index in [4.69, 9.17) is 9.84 Å². The molecule has 0 unspecified atom stereocenters. The van der Waals surface area contributed by atoms with E-state index < -0.39 is 0 Å². The molecular formula is C28H50N2O5. The molecule has 0 aliphatic carbocycles. The smallest absolute Gasteiger partial charge is 0.410 e. The lowest BCUT2D eigenvalue weighted by atomic mass is 9.95. The number of ether oxygens (including phenoxy) is 2. The SMILES string of the molecule is C=CCC.CC.CC(C)N(C(=O)OCc1ccccc1)[C@@H]1CC[C@H](CCO)N(C=O)C1.CCOC. The van der Waals surface area contributed by atoms with Crippen molar-refractivity contribution in [3.05, 3.63) is 48.6 Å². The van der Waals surface area contributed by atoms with E-state index in [1.54, 1.807) is 16.9 Å². The Morgan fingerprint density at radius 1 is 1.23 bits per heavy atom. The van der Waals surface area contributed by atoms with Crippen molar-refractivity contribution in [2.24, 2.45) is 0 Å². The van der Waals surface area contributed by atoms with Gasteiger partial charge in [0.15, 0.2) is 0 Å². The maximum Gasteiger partial charge on any atom is 0.410 e. The van der Waals surface area contributed by atoms with E-state index in [1.807, 2.05) is 71.0 Å². The van der Waals surface area contributed by atoms with Crippen molar-refractivity contribution in [1.29, 1.82) is 0 Å². The summed E-state index contributed by atoms with van der Waals surface area (Å²) in [5, 5.41) is 9.13. The number of nitrogens with zero attached hydrogens (tertiary/aromatic N) is 2. The van der Waals surface area contributed by atoms with Crippen LogP contribution in [0.1, 0.15) is 72.8 Å². The van der Waals surface area contributed by atoms with Gasteiger partial charge in [-0.15, -0.1) is 6.58 Å². The molecule has 1 N–H and O–H groups in total. The van der Waals surface area contributed by atoms with Crippen molar-refractivity contribution in [3.8, 4) is 0 Å². The fourth-order valence-corrected chi connectivity index (χ4v) is 3.43. The van der Waals surface area contributed by atoms with Gasteiger partial charge < -0.3 is 24.4 Å². The second-order valence-corrected chi connectivity index (χ2v) is 8.01. The highest BCUT2D eigenvalue weighted by Gasteiger charge is 2.34. The maximum atomic E-state index is 12.6. The number of aliphatic hydroxyl groups excluding tert-OH is 1. The molecule has 0 saturated carbocycles. The Kier molecular flexibility index (Phi) is 23.2. The Labute approximate surface area is 214 Å². The predicted molar refractivity (Wildman–Crippen MR) is 144 cm³/mol.